The van der Waals surface area contributed by atoms with Crippen LogP contribution in [0.3, 0.4) is 0 Å². The highest BCUT2D eigenvalue weighted by Crippen LogP contribution is 2.25. The van der Waals surface area contributed by atoms with Crippen LogP contribution in [0.2, 0.25) is 0 Å². The van der Waals surface area contributed by atoms with Crippen LogP contribution in [0.15, 0.2) is 18.2 Å². The van der Waals surface area contributed by atoms with Gasteiger partial charge in [0.15, 0.2) is 0 Å². The summed E-state index contributed by atoms with van der Waals surface area (Å²) < 4.78 is 11.1. The van der Waals surface area contributed by atoms with Gasteiger partial charge in [-0.25, -0.2) is 0 Å². The van der Waals surface area contributed by atoms with E-state index >= 15 is 0 Å². The number of nitrogens with one attached hydrogen (secondary N) is 1. The standard InChI is InChI=1S/C15H21NO2/c1-11-14(6-9-17-11)16-7-4-12-2-3-15-13(10-12)5-8-18-15/h2-3,10-11,14,16H,4-9H2,1H3. The third-order valence-electron chi connectivity index (χ3n) is 3.95. The van der Waals surface area contributed by atoms with Crippen molar-refractivity contribution in [2.45, 2.75) is 38.3 Å². The van der Waals surface area contributed by atoms with Crippen molar-refractivity contribution in [2.24, 2.45) is 0 Å². The second-order valence-electron chi connectivity index (χ2n) is 5.22. The Hall–Kier alpha value is -1.06. The maximum Gasteiger partial charge on any atom is 0.122 e. The number of rotatable bonds is 4. The van der Waals surface area contributed by atoms with E-state index in [0.717, 1.165) is 44.8 Å². The lowest BCUT2D eigenvalue weighted by Gasteiger charge is -2.15. The van der Waals surface area contributed by atoms with Crippen LogP contribution in [-0.4, -0.2) is 31.9 Å². The number of benzene rings is 1. The van der Waals surface area contributed by atoms with Crippen molar-refractivity contribution in [1.29, 1.82) is 0 Å². The molecule has 18 heavy (non-hydrogen) atoms. The third kappa shape index (κ3) is 2.52. The van der Waals surface area contributed by atoms with Crippen LogP contribution in [0.1, 0.15) is 24.5 Å². The summed E-state index contributed by atoms with van der Waals surface area (Å²) in [6, 6.07) is 7.11. The molecule has 1 saturated heterocycles. The van der Waals surface area contributed by atoms with Gasteiger partial charge in [-0.2, -0.15) is 0 Å². The lowest BCUT2D eigenvalue weighted by molar-refractivity contribution is 0.113. The molecule has 0 bridgehead atoms. The quantitative estimate of drug-likeness (QED) is 0.882. The molecule has 2 aliphatic heterocycles. The summed E-state index contributed by atoms with van der Waals surface area (Å²) in [4.78, 5) is 0. The van der Waals surface area contributed by atoms with Crippen molar-refractivity contribution >= 4 is 0 Å². The van der Waals surface area contributed by atoms with E-state index in [-0.39, 0.29) is 0 Å². The molecule has 1 aromatic carbocycles. The molecule has 0 amide bonds. The molecule has 98 valence electrons. The first-order valence-electron chi connectivity index (χ1n) is 6.92. The Kier molecular flexibility index (Phi) is 3.52. The molecule has 3 rings (SSSR count). The van der Waals surface area contributed by atoms with Crippen molar-refractivity contribution in [3.63, 3.8) is 0 Å². The highest BCUT2D eigenvalue weighted by Gasteiger charge is 2.23. The molecule has 2 atom stereocenters. The Morgan fingerprint density at radius 3 is 3.11 bits per heavy atom. The van der Waals surface area contributed by atoms with E-state index in [0.29, 0.717) is 12.1 Å². The Morgan fingerprint density at radius 2 is 2.28 bits per heavy atom. The van der Waals surface area contributed by atoms with Gasteiger partial charge in [-0.3, -0.25) is 0 Å². The number of hydrogen-bond donors (Lipinski definition) is 1. The SMILES string of the molecule is CC1OCCC1NCCc1ccc2c(c1)CCO2. The molecule has 0 radical (unpaired) electrons. The van der Waals surface area contributed by atoms with E-state index in [1.807, 2.05) is 0 Å². The van der Waals surface area contributed by atoms with E-state index < -0.39 is 0 Å². The van der Waals surface area contributed by atoms with E-state index in [1.165, 1.54) is 11.1 Å². The first-order chi connectivity index (χ1) is 8.83. The monoisotopic (exact) mass is 247 g/mol. The zero-order chi connectivity index (χ0) is 12.4. The largest absolute Gasteiger partial charge is 0.493 e. The van der Waals surface area contributed by atoms with Crippen LogP contribution in [0.5, 0.6) is 5.75 Å². The normalized spacial score (nSPS) is 26.1. The van der Waals surface area contributed by atoms with Gasteiger partial charge in [0.1, 0.15) is 5.75 Å². The molecular weight excluding hydrogens is 226 g/mol. The predicted octanol–water partition coefficient (Wildman–Crippen LogP) is 1.93. The van der Waals surface area contributed by atoms with Crippen LogP contribution in [0, 0.1) is 0 Å². The average molecular weight is 247 g/mol. The Morgan fingerprint density at radius 1 is 1.33 bits per heavy atom. The molecule has 0 aromatic heterocycles. The van der Waals surface area contributed by atoms with Gasteiger partial charge in [0.2, 0.25) is 0 Å². The van der Waals surface area contributed by atoms with Crippen LogP contribution in [0.4, 0.5) is 0 Å². The second-order valence-corrected chi connectivity index (χ2v) is 5.22. The Balaban J connectivity index is 1.51. The van der Waals surface area contributed by atoms with Crippen LogP contribution < -0.4 is 10.1 Å². The van der Waals surface area contributed by atoms with Crippen LogP contribution in [0.25, 0.3) is 0 Å². The molecule has 1 aromatic rings. The number of ether oxygens (including phenoxy) is 2. The minimum Gasteiger partial charge on any atom is -0.493 e. The zero-order valence-electron chi connectivity index (χ0n) is 10.9. The van der Waals surface area contributed by atoms with Crippen molar-refractivity contribution in [3.8, 4) is 5.75 Å². The molecule has 3 nitrogen and oxygen atoms in total. The lowest BCUT2D eigenvalue weighted by atomic mass is 10.1. The molecule has 0 aliphatic carbocycles. The van der Waals surface area contributed by atoms with Crippen molar-refractivity contribution in [2.75, 3.05) is 19.8 Å². The Bertz CT molecular complexity index is 419. The van der Waals surface area contributed by atoms with Gasteiger partial charge >= 0.3 is 0 Å². The fourth-order valence-corrected chi connectivity index (χ4v) is 2.80. The third-order valence-corrected chi connectivity index (χ3v) is 3.95. The minimum atomic E-state index is 0.360. The number of hydrogen-bond acceptors (Lipinski definition) is 3. The molecule has 1 fully saturated rings. The minimum absolute atomic E-state index is 0.360. The van der Waals surface area contributed by atoms with Crippen molar-refractivity contribution < 1.29 is 9.47 Å². The first kappa shape index (κ1) is 12.0. The number of fused-ring (bicyclic) bond motifs is 1. The van der Waals surface area contributed by atoms with Gasteiger partial charge in [0.05, 0.1) is 12.7 Å². The van der Waals surface area contributed by atoms with Gasteiger partial charge in [0, 0.05) is 19.1 Å². The average Bonchev–Trinajstić information content (AvgIpc) is 2.98. The molecule has 2 unspecified atom stereocenters. The first-order valence-corrected chi connectivity index (χ1v) is 6.92. The summed E-state index contributed by atoms with van der Waals surface area (Å²) in [6.07, 6.45) is 3.64. The highest BCUT2D eigenvalue weighted by molar-refractivity contribution is 5.39. The summed E-state index contributed by atoms with van der Waals surface area (Å²) in [5.74, 6) is 1.07. The lowest BCUT2D eigenvalue weighted by Crippen LogP contribution is -2.35. The van der Waals surface area contributed by atoms with Gasteiger partial charge in [-0.05, 0) is 43.5 Å². The maximum absolute atomic E-state index is 5.55. The van der Waals surface area contributed by atoms with Crippen molar-refractivity contribution in [1.82, 2.24) is 5.32 Å². The maximum atomic E-state index is 5.55. The van der Waals surface area contributed by atoms with Crippen LogP contribution >= 0.6 is 0 Å². The fraction of sp³-hybridized carbons (Fsp3) is 0.600. The van der Waals surface area contributed by atoms with E-state index in [4.69, 9.17) is 9.47 Å². The van der Waals surface area contributed by atoms with Gasteiger partial charge in [-0.15, -0.1) is 0 Å². The van der Waals surface area contributed by atoms with Gasteiger partial charge < -0.3 is 14.8 Å². The highest BCUT2D eigenvalue weighted by atomic mass is 16.5. The van der Waals surface area contributed by atoms with E-state index in [1.54, 1.807) is 0 Å². The second kappa shape index (κ2) is 5.29. The Labute approximate surface area is 108 Å². The molecule has 2 heterocycles. The van der Waals surface area contributed by atoms with Crippen molar-refractivity contribution in [3.05, 3.63) is 29.3 Å². The molecule has 2 aliphatic rings. The predicted molar refractivity (Wildman–Crippen MR) is 71.2 cm³/mol. The molecule has 1 N–H and O–H groups in total. The van der Waals surface area contributed by atoms with Gasteiger partial charge in [0.25, 0.3) is 0 Å². The smallest absolute Gasteiger partial charge is 0.122 e. The summed E-state index contributed by atoms with van der Waals surface area (Å²) in [6.45, 7) is 4.92. The van der Waals surface area contributed by atoms with Crippen LogP contribution in [-0.2, 0) is 17.6 Å². The summed E-state index contributed by atoms with van der Waals surface area (Å²) in [7, 11) is 0. The molecule has 3 heteroatoms. The molecule has 0 spiro atoms. The summed E-state index contributed by atoms with van der Waals surface area (Å²) in [5, 5.41) is 3.59. The fourth-order valence-electron chi connectivity index (χ4n) is 2.80. The van der Waals surface area contributed by atoms with E-state index in [9.17, 15) is 0 Å². The summed E-state index contributed by atoms with van der Waals surface area (Å²) >= 11 is 0. The topological polar surface area (TPSA) is 30.5 Å². The van der Waals surface area contributed by atoms with Gasteiger partial charge in [-0.1, -0.05) is 12.1 Å². The summed E-state index contributed by atoms with van der Waals surface area (Å²) in [5.41, 5.74) is 2.77. The van der Waals surface area contributed by atoms with E-state index in [2.05, 4.69) is 30.4 Å². The zero-order valence-corrected chi connectivity index (χ0v) is 10.9. The molecule has 0 saturated carbocycles. The molecular formula is C15H21NO2.